The van der Waals surface area contributed by atoms with Crippen molar-refractivity contribution in [2.45, 2.75) is 19.3 Å². The van der Waals surface area contributed by atoms with Gasteiger partial charge in [-0.2, -0.15) is 0 Å². The highest BCUT2D eigenvalue weighted by molar-refractivity contribution is 7.09. The van der Waals surface area contributed by atoms with E-state index >= 15 is 0 Å². The summed E-state index contributed by atoms with van der Waals surface area (Å²) in [7, 11) is 0. The second kappa shape index (κ2) is 9.44. The monoisotopic (exact) mass is 443 g/mol. The lowest BCUT2D eigenvalue weighted by molar-refractivity contribution is -0.125. The van der Waals surface area contributed by atoms with Gasteiger partial charge in [0, 0.05) is 53.8 Å². The van der Waals surface area contributed by atoms with Gasteiger partial charge >= 0.3 is 0 Å². The Morgan fingerprint density at radius 1 is 1.03 bits per heavy atom. The number of para-hydroxylation sites is 1. The molecule has 1 aliphatic heterocycles. The predicted molar refractivity (Wildman–Crippen MR) is 129 cm³/mol. The zero-order valence-electron chi connectivity index (χ0n) is 17.8. The maximum atomic E-state index is 12.7. The first-order chi connectivity index (χ1) is 15.8. The number of rotatable bonds is 6. The number of carbonyl (C=O) groups is 1. The molecule has 4 heterocycles. The zero-order valence-corrected chi connectivity index (χ0v) is 18.6. The molecular weight excluding hydrogens is 418 g/mol. The Labute approximate surface area is 191 Å². The molecule has 1 N–H and O–H groups in total. The van der Waals surface area contributed by atoms with E-state index in [2.05, 4.69) is 38.8 Å². The number of fused-ring (bicyclic) bond motifs is 1. The lowest BCUT2D eigenvalue weighted by Gasteiger charge is -2.33. The van der Waals surface area contributed by atoms with Gasteiger partial charge < -0.3 is 10.2 Å². The first-order valence-corrected chi connectivity index (χ1v) is 11.9. The van der Waals surface area contributed by atoms with Gasteiger partial charge in [-0.05, 0) is 55.0 Å². The van der Waals surface area contributed by atoms with Crippen LogP contribution in [0.1, 0.15) is 17.7 Å². The SMILES string of the molecule is O=C(NCCc1cccs1)C1CCN(c2nc(-c3ccncc3)nc3ccccc23)CC1. The Balaban J connectivity index is 1.29. The molecule has 1 saturated heterocycles. The third-order valence-corrected chi connectivity index (χ3v) is 6.87. The third-order valence-electron chi connectivity index (χ3n) is 5.94. The van der Waals surface area contributed by atoms with Crippen molar-refractivity contribution in [3.63, 3.8) is 0 Å². The van der Waals surface area contributed by atoms with Crippen LogP contribution in [-0.4, -0.2) is 40.5 Å². The highest BCUT2D eigenvalue weighted by Gasteiger charge is 2.26. The number of thiophene rings is 1. The van der Waals surface area contributed by atoms with Crippen LogP contribution in [0.2, 0.25) is 0 Å². The summed E-state index contributed by atoms with van der Waals surface area (Å²) >= 11 is 1.73. The van der Waals surface area contributed by atoms with Crippen LogP contribution in [0.15, 0.2) is 66.3 Å². The highest BCUT2D eigenvalue weighted by Crippen LogP contribution is 2.30. The normalized spacial score (nSPS) is 14.6. The standard InChI is InChI=1S/C25H25N5OS/c31-25(27-14-9-20-4-3-17-32-20)19-10-15-30(16-11-19)24-21-5-1-2-6-22(21)28-23(29-24)18-7-12-26-13-8-18/h1-8,12-13,17,19H,9-11,14-16H2,(H,27,31). The number of hydrogen-bond acceptors (Lipinski definition) is 6. The number of piperidine rings is 1. The molecular formula is C25H25N5OS. The molecule has 0 spiro atoms. The lowest BCUT2D eigenvalue weighted by Crippen LogP contribution is -2.41. The minimum atomic E-state index is 0.0577. The molecule has 0 unspecified atom stereocenters. The van der Waals surface area contributed by atoms with Gasteiger partial charge in [0.15, 0.2) is 5.82 Å². The molecule has 0 bridgehead atoms. The molecule has 0 atom stereocenters. The van der Waals surface area contributed by atoms with Gasteiger partial charge in [0.1, 0.15) is 5.82 Å². The van der Waals surface area contributed by atoms with Crippen molar-refractivity contribution in [2.75, 3.05) is 24.5 Å². The summed E-state index contributed by atoms with van der Waals surface area (Å²) < 4.78 is 0. The van der Waals surface area contributed by atoms with Gasteiger partial charge in [-0.25, -0.2) is 9.97 Å². The summed E-state index contributed by atoms with van der Waals surface area (Å²) in [4.78, 5) is 30.1. The van der Waals surface area contributed by atoms with E-state index < -0.39 is 0 Å². The van der Waals surface area contributed by atoms with Crippen molar-refractivity contribution in [1.29, 1.82) is 0 Å². The van der Waals surface area contributed by atoms with Gasteiger partial charge in [0.25, 0.3) is 0 Å². The third kappa shape index (κ3) is 4.48. The Hall–Kier alpha value is -3.32. The number of anilines is 1. The molecule has 1 aliphatic rings. The van der Waals surface area contributed by atoms with Gasteiger partial charge in [0.2, 0.25) is 5.91 Å². The molecule has 0 radical (unpaired) electrons. The summed E-state index contributed by atoms with van der Waals surface area (Å²) in [5, 5.41) is 6.24. The highest BCUT2D eigenvalue weighted by atomic mass is 32.1. The van der Waals surface area contributed by atoms with Crippen molar-refractivity contribution in [2.24, 2.45) is 5.92 Å². The van der Waals surface area contributed by atoms with Crippen molar-refractivity contribution < 1.29 is 4.79 Å². The lowest BCUT2D eigenvalue weighted by atomic mass is 9.95. The van der Waals surface area contributed by atoms with E-state index in [1.54, 1.807) is 23.7 Å². The second-order valence-electron chi connectivity index (χ2n) is 8.01. The number of carbonyl (C=O) groups excluding carboxylic acids is 1. The summed E-state index contributed by atoms with van der Waals surface area (Å²) in [6.45, 7) is 2.31. The Morgan fingerprint density at radius 3 is 2.62 bits per heavy atom. The van der Waals surface area contributed by atoms with Crippen LogP contribution in [0, 0.1) is 5.92 Å². The van der Waals surface area contributed by atoms with Crippen LogP contribution in [0.25, 0.3) is 22.3 Å². The summed E-state index contributed by atoms with van der Waals surface area (Å²) in [5.74, 6) is 1.88. The molecule has 6 nitrogen and oxygen atoms in total. The topological polar surface area (TPSA) is 71.0 Å². The van der Waals surface area contributed by atoms with E-state index in [0.717, 1.165) is 54.6 Å². The molecule has 1 fully saturated rings. The maximum Gasteiger partial charge on any atom is 0.223 e. The quantitative estimate of drug-likeness (QED) is 0.480. The smallest absolute Gasteiger partial charge is 0.223 e. The van der Waals surface area contributed by atoms with Crippen LogP contribution < -0.4 is 10.2 Å². The van der Waals surface area contributed by atoms with Gasteiger partial charge in [-0.3, -0.25) is 9.78 Å². The minimum absolute atomic E-state index is 0.0577. The fourth-order valence-electron chi connectivity index (χ4n) is 4.19. The molecule has 4 aromatic rings. The van der Waals surface area contributed by atoms with Crippen LogP contribution in [0.4, 0.5) is 5.82 Å². The predicted octanol–water partition coefficient (Wildman–Crippen LogP) is 4.33. The average Bonchev–Trinajstić information content (AvgIpc) is 3.37. The van der Waals surface area contributed by atoms with Crippen LogP contribution in [0.5, 0.6) is 0 Å². The molecule has 1 amide bonds. The molecule has 0 aliphatic carbocycles. The number of nitrogens with zero attached hydrogens (tertiary/aromatic N) is 4. The van der Waals surface area contributed by atoms with E-state index in [9.17, 15) is 4.79 Å². The minimum Gasteiger partial charge on any atom is -0.356 e. The zero-order chi connectivity index (χ0) is 21.8. The van der Waals surface area contributed by atoms with Gasteiger partial charge in [-0.15, -0.1) is 11.3 Å². The Morgan fingerprint density at radius 2 is 1.84 bits per heavy atom. The van der Waals surface area contributed by atoms with Crippen molar-refractivity contribution in [1.82, 2.24) is 20.3 Å². The van der Waals surface area contributed by atoms with Crippen molar-refractivity contribution >= 4 is 34.0 Å². The molecule has 7 heteroatoms. The summed E-state index contributed by atoms with van der Waals surface area (Å²) in [5.41, 5.74) is 1.88. The fourth-order valence-corrected chi connectivity index (χ4v) is 4.90. The first-order valence-electron chi connectivity index (χ1n) is 11.0. The number of hydrogen-bond donors (Lipinski definition) is 1. The van der Waals surface area contributed by atoms with Gasteiger partial charge in [0.05, 0.1) is 5.52 Å². The summed E-state index contributed by atoms with van der Waals surface area (Å²) in [6.07, 6.45) is 6.07. The molecule has 1 aromatic carbocycles. The largest absolute Gasteiger partial charge is 0.356 e. The van der Waals surface area contributed by atoms with Crippen LogP contribution in [0.3, 0.4) is 0 Å². The molecule has 32 heavy (non-hydrogen) atoms. The Bertz CT molecular complexity index is 1190. The second-order valence-corrected chi connectivity index (χ2v) is 9.04. The molecule has 162 valence electrons. The number of aromatic nitrogens is 3. The van der Waals surface area contributed by atoms with E-state index in [0.29, 0.717) is 12.4 Å². The van der Waals surface area contributed by atoms with Crippen LogP contribution >= 0.6 is 11.3 Å². The first kappa shape index (κ1) is 20.6. The average molecular weight is 444 g/mol. The van der Waals surface area contributed by atoms with Gasteiger partial charge in [-0.1, -0.05) is 18.2 Å². The fraction of sp³-hybridized carbons (Fsp3) is 0.280. The maximum absolute atomic E-state index is 12.7. The van der Waals surface area contributed by atoms with Crippen molar-refractivity contribution in [3.05, 3.63) is 71.2 Å². The molecule has 0 saturated carbocycles. The van der Waals surface area contributed by atoms with E-state index in [4.69, 9.17) is 9.97 Å². The van der Waals surface area contributed by atoms with E-state index in [1.807, 2.05) is 30.3 Å². The Kier molecular flexibility index (Phi) is 6.07. The molecule has 3 aromatic heterocycles. The number of pyridine rings is 1. The number of amides is 1. The van der Waals surface area contributed by atoms with Crippen LogP contribution in [-0.2, 0) is 11.2 Å². The van der Waals surface area contributed by atoms with E-state index in [1.165, 1.54) is 4.88 Å². The summed E-state index contributed by atoms with van der Waals surface area (Å²) in [6, 6.07) is 16.2. The van der Waals surface area contributed by atoms with E-state index in [-0.39, 0.29) is 11.8 Å². The van der Waals surface area contributed by atoms with Crippen molar-refractivity contribution in [3.8, 4) is 11.4 Å². The number of nitrogens with one attached hydrogen (secondary N) is 1. The number of benzene rings is 1. The molecule has 5 rings (SSSR count).